The average molecular weight is 321 g/mol. The second-order valence-electron chi connectivity index (χ2n) is 5.79. The maximum absolute atomic E-state index is 11.2. The number of rotatable bonds is 4. The van der Waals surface area contributed by atoms with Gasteiger partial charge in [-0.05, 0) is 65.7 Å². The van der Waals surface area contributed by atoms with Crippen molar-refractivity contribution in [3.05, 3.63) is 66.2 Å². The zero-order valence-electron chi connectivity index (χ0n) is 13.6. The van der Waals surface area contributed by atoms with Gasteiger partial charge in [0.25, 0.3) is 0 Å². The molecule has 0 bridgehead atoms. The van der Waals surface area contributed by atoms with Crippen LogP contribution in [-0.2, 0) is 4.79 Å². The third-order valence-corrected chi connectivity index (χ3v) is 3.83. The third kappa shape index (κ3) is 3.66. The lowest BCUT2D eigenvalue weighted by atomic mass is 10.0. The van der Waals surface area contributed by atoms with Crippen molar-refractivity contribution in [3.63, 3.8) is 0 Å². The van der Waals surface area contributed by atoms with Crippen molar-refractivity contribution in [2.45, 2.75) is 19.9 Å². The summed E-state index contributed by atoms with van der Waals surface area (Å²) in [6, 6.07) is 18.6. The lowest BCUT2D eigenvalue weighted by Gasteiger charge is -2.14. The Bertz CT molecular complexity index is 872. The van der Waals surface area contributed by atoms with Crippen LogP contribution < -0.4 is 10.1 Å². The molecule has 0 fully saturated rings. The Hall–Kier alpha value is -3.01. The monoisotopic (exact) mass is 321 g/mol. The minimum Gasteiger partial charge on any atom is -0.508 e. The first-order valence-electron chi connectivity index (χ1n) is 7.79. The van der Waals surface area contributed by atoms with Crippen LogP contribution >= 0.6 is 0 Å². The molecule has 0 spiro atoms. The molecule has 3 rings (SSSR count). The highest BCUT2D eigenvalue weighted by Crippen LogP contribution is 2.28. The van der Waals surface area contributed by atoms with Gasteiger partial charge in [0.15, 0.2) is 0 Å². The van der Waals surface area contributed by atoms with Crippen molar-refractivity contribution in [1.29, 1.82) is 0 Å². The van der Waals surface area contributed by atoms with Gasteiger partial charge in [0.2, 0.25) is 5.91 Å². The van der Waals surface area contributed by atoms with Crippen molar-refractivity contribution >= 4 is 16.7 Å². The number of fused-ring (bicyclic) bond motifs is 1. The highest BCUT2D eigenvalue weighted by atomic mass is 16.5. The molecule has 3 aromatic carbocycles. The van der Waals surface area contributed by atoms with E-state index in [1.165, 1.54) is 6.92 Å². The summed E-state index contributed by atoms with van der Waals surface area (Å²) in [7, 11) is 0. The highest BCUT2D eigenvalue weighted by molar-refractivity contribution is 5.85. The summed E-state index contributed by atoms with van der Waals surface area (Å²) < 4.78 is 5.80. The molecule has 4 nitrogen and oxygen atoms in total. The lowest BCUT2D eigenvalue weighted by molar-refractivity contribution is -0.119. The van der Waals surface area contributed by atoms with E-state index in [0.717, 1.165) is 22.1 Å². The molecule has 1 atom stereocenters. The average Bonchev–Trinajstić information content (AvgIpc) is 2.56. The second-order valence-corrected chi connectivity index (χ2v) is 5.79. The van der Waals surface area contributed by atoms with E-state index in [0.29, 0.717) is 5.75 Å². The van der Waals surface area contributed by atoms with Crippen molar-refractivity contribution < 1.29 is 14.6 Å². The molecule has 3 aromatic rings. The molecule has 1 unspecified atom stereocenters. The number of benzene rings is 3. The molecule has 0 saturated carbocycles. The Morgan fingerprint density at radius 3 is 2.29 bits per heavy atom. The van der Waals surface area contributed by atoms with Crippen LogP contribution in [0.1, 0.15) is 25.5 Å². The maximum atomic E-state index is 11.2. The molecular weight excluding hydrogens is 302 g/mol. The van der Waals surface area contributed by atoms with E-state index < -0.39 is 0 Å². The van der Waals surface area contributed by atoms with Gasteiger partial charge in [0, 0.05) is 6.92 Å². The van der Waals surface area contributed by atoms with Gasteiger partial charge in [-0.25, -0.2) is 0 Å². The fourth-order valence-corrected chi connectivity index (χ4v) is 2.61. The molecule has 24 heavy (non-hydrogen) atoms. The zero-order chi connectivity index (χ0) is 17.1. The molecule has 4 heteroatoms. The summed E-state index contributed by atoms with van der Waals surface area (Å²) in [5, 5.41) is 14.3. The quantitative estimate of drug-likeness (QED) is 0.742. The summed E-state index contributed by atoms with van der Waals surface area (Å²) in [4.78, 5) is 11.2. The molecule has 0 aliphatic carbocycles. The van der Waals surface area contributed by atoms with Gasteiger partial charge in [-0.3, -0.25) is 4.79 Å². The van der Waals surface area contributed by atoms with Crippen LogP contribution in [0.15, 0.2) is 60.7 Å². The van der Waals surface area contributed by atoms with Crippen LogP contribution in [0.2, 0.25) is 0 Å². The van der Waals surface area contributed by atoms with Crippen LogP contribution in [0, 0.1) is 0 Å². The number of amides is 1. The standard InChI is InChI=1S/C20H19NO3/c1-13(21-14(2)22)15-3-4-17-12-20(8-5-16(17)11-15)24-19-9-6-18(23)7-10-19/h3-13,23H,1-2H3,(H,21,22). The highest BCUT2D eigenvalue weighted by Gasteiger charge is 2.08. The minimum atomic E-state index is -0.0414. The molecule has 0 aromatic heterocycles. The summed E-state index contributed by atoms with van der Waals surface area (Å²) in [5.74, 6) is 1.57. The van der Waals surface area contributed by atoms with Crippen molar-refractivity contribution in [2.24, 2.45) is 0 Å². The van der Waals surface area contributed by atoms with E-state index in [-0.39, 0.29) is 17.7 Å². The third-order valence-electron chi connectivity index (χ3n) is 3.83. The van der Waals surface area contributed by atoms with E-state index in [4.69, 9.17) is 4.74 Å². The van der Waals surface area contributed by atoms with E-state index >= 15 is 0 Å². The van der Waals surface area contributed by atoms with Crippen LogP contribution in [0.4, 0.5) is 0 Å². The van der Waals surface area contributed by atoms with E-state index in [2.05, 4.69) is 11.4 Å². The molecule has 122 valence electrons. The van der Waals surface area contributed by atoms with E-state index in [1.807, 2.05) is 37.3 Å². The molecule has 2 N–H and O–H groups in total. The number of phenolic OH excluding ortho intramolecular Hbond substituents is 1. The minimum absolute atomic E-state index is 0.0279. The Labute approximate surface area is 140 Å². The largest absolute Gasteiger partial charge is 0.508 e. The number of hydrogen-bond donors (Lipinski definition) is 2. The molecule has 0 heterocycles. The van der Waals surface area contributed by atoms with Crippen LogP contribution in [0.3, 0.4) is 0 Å². The molecule has 1 amide bonds. The van der Waals surface area contributed by atoms with Crippen molar-refractivity contribution in [2.75, 3.05) is 0 Å². The fraction of sp³-hybridized carbons (Fsp3) is 0.150. The van der Waals surface area contributed by atoms with E-state index in [9.17, 15) is 9.90 Å². The number of phenols is 1. The van der Waals surface area contributed by atoms with Gasteiger partial charge in [0.1, 0.15) is 17.2 Å². The Morgan fingerprint density at radius 1 is 0.958 bits per heavy atom. The fourth-order valence-electron chi connectivity index (χ4n) is 2.61. The van der Waals surface area contributed by atoms with Gasteiger partial charge < -0.3 is 15.2 Å². The summed E-state index contributed by atoms with van der Waals surface area (Å²) in [6.45, 7) is 3.48. The van der Waals surface area contributed by atoms with Crippen molar-refractivity contribution in [1.82, 2.24) is 5.32 Å². The van der Waals surface area contributed by atoms with Crippen LogP contribution in [-0.4, -0.2) is 11.0 Å². The first kappa shape index (κ1) is 15.9. The first-order valence-corrected chi connectivity index (χ1v) is 7.79. The predicted octanol–water partition coefficient (Wildman–Crippen LogP) is 4.53. The first-order chi connectivity index (χ1) is 11.5. The molecular formula is C20H19NO3. The summed E-state index contributed by atoms with van der Waals surface area (Å²) in [5.41, 5.74) is 1.06. The number of nitrogens with one attached hydrogen (secondary N) is 1. The van der Waals surface area contributed by atoms with Gasteiger partial charge >= 0.3 is 0 Å². The van der Waals surface area contributed by atoms with Gasteiger partial charge in [-0.1, -0.05) is 18.2 Å². The Kier molecular flexibility index (Phi) is 4.38. The van der Waals surface area contributed by atoms with Gasteiger partial charge in [0.05, 0.1) is 6.04 Å². The smallest absolute Gasteiger partial charge is 0.217 e. The summed E-state index contributed by atoms with van der Waals surface area (Å²) in [6.07, 6.45) is 0. The normalized spacial score (nSPS) is 11.9. The van der Waals surface area contributed by atoms with Gasteiger partial charge in [-0.15, -0.1) is 0 Å². The van der Waals surface area contributed by atoms with E-state index in [1.54, 1.807) is 24.3 Å². The molecule has 0 aliphatic rings. The number of ether oxygens (including phenoxy) is 1. The summed E-state index contributed by atoms with van der Waals surface area (Å²) >= 11 is 0. The van der Waals surface area contributed by atoms with Crippen LogP contribution in [0.5, 0.6) is 17.2 Å². The zero-order valence-corrected chi connectivity index (χ0v) is 13.6. The predicted molar refractivity (Wildman–Crippen MR) is 94.4 cm³/mol. The van der Waals surface area contributed by atoms with Gasteiger partial charge in [-0.2, -0.15) is 0 Å². The lowest BCUT2D eigenvalue weighted by Crippen LogP contribution is -2.23. The number of carbonyl (C=O) groups is 1. The molecule has 0 aliphatic heterocycles. The maximum Gasteiger partial charge on any atom is 0.217 e. The molecule has 0 saturated heterocycles. The Morgan fingerprint density at radius 2 is 1.58 bits per heavy atom. The second kappa shape index (κ2) is 6.62. The Balaban J connectivity index is 1.84. The number of carbonyl (C=O) groups excluding carboxylic acids is 1. The topological polar surface area (TPSA) is 58.6 Å². The number of aromatic hydroxyl groups is 1. The number of hydrogen-bond acceptors (Lipinski definition) is 3. The van der Waals surface area contributed by atoms with Crippen molar-refractivity contribution in [3.8, 4) is 17.2 Å². The molecule has 0 radical (unpaired) electrons. The van der Waals surface area contributed by atoms with Crippen LogP contribution in [0.25, 0.3) is 10.8 Å². The SMILES string of the molecule is CC(=O)NC(C)c1ccc2cc(Oc3ccc(O)cc3)ccc2c1.